The molecule has 0 bridgehead atoms. The van der Waals surface area contributed by atoms with E-state index in [1.165, 1.54) is 22.9 Å². The Morgan fingerprint density at radius 3 is 2.33 bits per heavy atom. The van der Waals surface area contributed by atoms with E-state index in [0.717, 1.165) is 74.3 Å². The predicted molar refractivity (Wildman–Crippen MR) is 129 cm³/mol. The summed E-state index contributed by atoms with van der Waals surface area (Å²) in [5.74, 6) is 0. The van der Waals surface area contributed by atoms with Crippen molar-refractivity contribution in [1.29, 1.82) is 0 Å². The van der Waals surface area contributed by atoms with E-state index in [1.54, 1.807) is 0 Å². The van der Waals surface area contributed by atoms with Crippen LogP contribution in [0.4, 0.5) is 13.2 Å². The molecule has 8 heteroatoms. The van der Waals surface area contributed by atoms with Crippen molar-refractivity contribution in [3.8, 4) is 11.3 Å². The van der Waals surface area contributed by atoms with E-state index >= 15 is 0 Å². The Labute approximate surface area is 207 Å². The average molecular weight is 494 g/mol. The summed E-state index contributed by atoms with van der Waals surface area (Å²) < 4.78 is 39.7. The number of benzene rings is 1. The van der Waals surface area contributed by atoms with E-state index in [4.69, 9.17) is 14.6 Å². The summed E-state index contributed by atoms with van der Waals surface area (Å²) in [6.07, 6.45) is 2.64. The summed E-state index contributed by atoms with van der Waals surface area (Å²) >= 11 is 0. The number of aryl methyl sites for hydroxylation is 2. The van der Waals surface area contributed by atoms with Gasteiger partial charge in [-0.1, -0.05) is 30.7 Å². The molecule has 2 aliphatic rings. The molecule has 1 aromatic carbocycles. The highest BCUT2D eigenvalue weighted by Gasteiger charge is 2.31. The Hall–Kier alpha value is -3.61. The minimum atomic E-state index is -4.39. The monoisotopic (exact) mass is 493 g/mol. The van der Waals surface area contributed by atoms with Crippen LogP contribution < -0.4 is 0 Å². The van der Waals surface area contributed by atoms with E-state index in [9.17, 15) is 13.2 Å². The number of pyridine rings is 2. The minimum Gasteiger partial charge on any atom is -0.303 e. The van der Waals surface area contributed by atoms with Gasteiger partial charge in [-0.15, -0.1) is 0 Å². The van der Waals surface area contributed by atoms with Crippen molar-refractivity contribution >= 4 is 11.7 Å². The molecule has 3 heterocycles. The lowest BCUT2D eigenvalue weighted by molar-refractivity contribution is -0.191. The zero-order valence-corrected chi connectivity index (χ0v) is 19.9. The molecule has 0 saturated carbocycles. The molecule has 5 rings (SSSR count). The van der Waals surface area contributed by atoms with E-state index in [1.807, 2.05) is 24.4 Å². The van der Waals surface area contributed by atoms with Crippen molar-refractivity contribution in [2.45, 2.75) is 38.8 Å². The lowest BCUT2D eigenvalue weighted by atomic mass is 9.87. The summed E-state index contributed by atoms with van der Waals surface area (Å²) in [4.78, 5) is 27.7. The molecule has 1 fully saturated rings. The van der Waals surface area contributed by atoms with Crippen LogP contribution in [0.3, 0.4) is 0 Å². The Bertz CT molecular complexity index is 1300. The van der Waals surface area contributed by atoms with Gasteiger partial charge in [0.15, 0.2) is 0 Å². The Balaban J connectivity index is 0.000000967. The Morgan fingerprint density at radius 2 is 1.64 bits per heavy atom. The second-order valence-electron chi connectivity index (χ2n) is 8.81. The SMILES string of the molecule is CCN1CCC(=C2c3ccc(-c4cc(C(F)(F)F)ccn4)cc3CCc3cccnc32)CC1.O=C=O. The third-order valence-electron chi connectivity index (χ3n) is 6.81. The lowest BCUT2D eigenvalue weighted by Gasteiger charge is -2.29. The molecule has 0 spiro atoms. The van der Waals surface area contributed by atoms with Gasteiger partial charge >= 0.3 is 12.3 Å². The fourth-order valence-corrected chi connectivity index (χ4v) is 4.98. The average Bonchev–Trinajstić information content (AvgIpc) is 3.05. The second kappa shape index (κ2) is 11.0. The first-order valence-corrected chi connectivity index (χ1v) is 11.9. The van der Waals surface area contributed by atoms with Gasteiger partial charge < -0.3 is 4.90 Å². The molecular formula is C28H26F3N3O2. The van der Waals surface area contributed by atoms with Crippen molar-refractivity contribution in [3.05, 3.63) is 88.4 Å². The van der Waals surface area contributed by atoms with Crippen molar-refractivity contribution in [1.82, 2.24) is 14.9 Å². The summed E-state index contributed by atoms with van der Waals surface area (Å²) in [6.45, 7) is 5.33. The van der Waals surface area contributed by atoms with Crippen LogP contribution in [-0.2, 0) is 28.6 Å². The molecule has 0 radical (unpaired) electrons. The number of alkyl halides is 3. The van der Waals surface area contributed by atoms with Crippen LogP contribution in [0.5, 0.6) is 0 Å². The molecule has 0 N–H and O–H groups in total. The van der Waals surface area contributed by atoms with Crippen LogP contribution in [-0.4, -0.2) is 40.7 Å². The Kier molecular flexibility index (Phi) is 7.77. The van der Waals surface area contributed by atoms with Gasteiger partial charge in [0.25, 0.3) is 0 Å². The number of rotatable bonds is 2. The van der Waals surface area contributed by atoms with Gasteiger partial charge in [-0.05, 0) is 73.2 Å². The number of hydrogen-bond acceptors (Lipinski definition) is 5. The number of aromatic nitrogens is 2. The maximum atomic E-state index is 13.2. The maximum absolute atomic E-state index is 13.2. The lowest BCUT2D eigenvalue weighted by Crippen LogP contribution is -2.30. The molecule has 1 aliphatic carbocycles. The highest BCUT2D eigenvalue weighted by molar-refractivity contribution is 5.85. The zero-order valence-electron chi connectivity index (χ0n) is 19.9. The first-order chi connectivity index (χ1) is 17.4. The van der Waals surface area contributed by atoms with Crippen LogP contribution in [0.1, 0.15) is 47.7 Å². The van der Waals surface area contributed by atoms with Gasteiger partial charge in [0, 0.05) is 36.6 Å². The summed E-state index contributed by atoms with van der Waals surface area (Å²) in [5.41, 5.74) is 7.61. The van der Waals surface area contributed by atoms with Gasteiger partial charge in [-0.2, -0.15) is 22.8 Å². The summed E-state index contributed by atoms with van der Waals surface area (Å²) in [5, 5.41) is 0. The fourth-order valence-electron chi connectivity index (χ4n) is 4.98. The van der Waals surface area contributed by atoms with Crippen LogP contribution >= 0.6 is 0 Å². The third kappa shape index (κ3) is 5.45. The van der Waals surface area contributed by atoms with Crippen molar-refractivity contribution in [2.75, 3.05) is 19.6 Å². The number of carbonyl (C=O) groups excluding carboxylic acids is 2. The van der Waals surface area contributed by atoms with E-state index in [2.05, 4.69) is 28.9 Å². The summed E-state index contributed by atoms with van der Waals surface area (Å²) in [6, 6.07) is 12.3. The van der Waals surface area contributed by atoms with Crippen LogP contribution in [0.25, 0.3) is 16.8 Å². The molecule has 1 aliphatic heterocycles. The molecule has 5 nitrogen and oxygen atoms in total. The predicted octanol–water partition coefficient (Wildman–Crippen LogP) is 5.60. The maximum Gasteiger partial charge on any atom is 0.416 e. The fraction of sp³-hybridized carbons (Fsp3) is 0.321. The van der Waals surface area contributed by atoms with Gasteiger partial charge in [0.1, 0.15) is 0 Å². The van der Waals surface area contributed by atoms with Gasteiger partial charge in [0.05, 0.1) is 17.0 Å². The summed E-state index contributed by atoms with van der Waals surface area (Å²) in [7, 11) is 0. The zero-order chi connectivity index (χ0) is 25.7. The number of nitrogens with zero attached hydrogens (tertiary/aromatic N) is 3. The first-order valence-electron chi connectivity index (χ1n) is 11.9. The largest absolute Gasteiger partial charge is 0.416 e. The highest BCUT2D eigenvalue weighted by Crippen LogP contribution is 2.39. The Morgan fingerprint density at radius 1 is 0.917 bits per heavy atom. The number of piperidine rings is 1. The van der Waals surface area contributed by atoms with Crippen molar-refractivity contribution in [3.63, 3.8) is 0 Å². The van der Waals surface area contributed by atoms with Crippen molar-refractivity contribution < 1.29 is 22.8 Å². The minimum absolute atomic E-state index is 0.250. The molecule has 0 atom stereocenters. The molecule has 1 saturated heterocycles. The molecule has 0 amide bonds. The standard InChI is InChI=1S/C27H26F3N3.CO2/c1-2-33-14-10-18(11-15-33)25-23-8-7-21(24-17-22(9-13-31-24)27(28,29)30)16-20(23)6-5-19-4-3-12-32-26(19)25;2-1-3/h3-4,7-9,12-13,16-17H,2,5-6,10-11,14-15H2,1H3;. The number of hydrogen-bond donors (Lipinski definition) is 0. The molecule has 186 valence electrons. The molecule has 36 heavy (non-hydrogen) atoms. The van der Waals surface area contributed by atoms with E-state index in [-0.39, 0.29) is 6.15 Å². The quantitative estimate of drug-likeness (QED) is 0.465. The molecule has 2 aromatic heterocycles. The normalized spacial score (nSPS) is 15.7. The van der Waals surface area contributed by atoms with E-state index in [0.29, 0.717) is 11.3 Å². The third-order valence-corrected chi connectivity index (χ3v) is 6.81. The van der Waals surface area contributed by atoms with Crippen LogP contribution in [0.15, 0.2) is 60.4 Å². The van der Waals surface area contributed by atoms with Crippen LogP contribution in [0.2, 0.25) is 0 Å². The highest BCUT2D eigenvalue weighted by atomic mass is 19.4. The molecular weight excluding hydrogens is 467 g/mol. The van der Waals surface area contributed by atoms with Crippen LogP contribution in [0, 0.1) is 0 Å². The van der Waals surface area contributed by atoms with Gasteiger partial charge in [-0.25, -0.2) is 0 Å². The first kappa shape index (κ1) is 25.5. The topological polar surface area (TPSA) is 63.2 Å². The number of halogens is 3. The van der Waals surface area contributed by atoms with Gasteiger partial charge in [-0.3, -0.25) is 9.97 Å². The number of fused-ring (bicyclic) bond motifs is 2. The van der Waals surface area contributed by atoms with Gasteiger partial charge in [0.2, 0.25) is 0 Å². The second-order valence-corrected chi connectivity index (χ2v) is 8.81. The number of likely N-dealkylation sites (tertiary alicyclic amines) is 1. The molecule has 3 aromatic rings. The molecule has 0 unspecified atom stereocenters. The van der Waals surface area contributed by atoms with E-state index < -0.39 is 11.7 Å². The van der Waals surface area contributed by atoms with Crippen molar-refractivity contribution in [2.24, 2.45) is 0 Å². The smallest absolute Gasteiger partial charge is 0.303 e.